The van der Waals surface area contributed by atoms with E-state index < -0.39 is 0 Å². The highest BCUT2D eigenvalue weighted by Gasteiger charge is 2.16. The third-order valence-corrected chi connectivity index (χ3v) is 3.26. The predicted molar refractivity (Wildman–Crippen MR) is 76.5 cm³/mol. The summed E-state index contributed by atoms with van der Waals surface area (Å²) >= 11 is 0. The first-order chi connectivity index (χ1) is 8.66. The summed E-state index contributed by atoms with van der Waals surface area (Å²) in [6, 6.07) is 9.02. The summed E-state index contributed by atoms with van der Waals surface area (Å²) in [6.45, 7) is 9.68. The fourth-order valence-electron chi connectivity index (χ4n) is 2.39. The van der Waals surface area contributed by atoms with Crippen LogP contribution in [-0.2, 0) is 0 Å². The maximum absolute atomic E-state index is 5.68. The second-order valence-corrected chi connectivity index (χ2v) is 5.26. The Kier molecular flexibility index (Phi) is 4.48. The summed E-state index contributed by atoms with van der Waals surface area (Å²) in [7, 11) is 0. The topological polar surface area (TPSA) is 24.5 Å². The van der Waals surface area contributed by atoms with Gasteiger partial charge in [0, 0.05) is 24.8 Å². The van der Waals surface area contributed by atoms with Crippen LogP contribution in [0.25, 0.3) is 0 Å². The molecule has 3 heteroatoms. The number of benzene rings is 1. The Morgan fingerprint density at radius 1 is 1.28 bits per heavy atom. The van der Waals surface area contributed by atoms with Crippen LogP contribution in [0.15, 0.2) is 24.3 Å². The number of rotatable bonds is 3. The molecular formula is C15H24N2O. The number of hydrogen-bond donors (Lipinski definition) is 1. The highest BCUT2D eigenvalue weighted by molar-refractivity contribution is 5.50. The van der Waals surface area contributed by atoms with E-state index in [2.05, 4.69) is 55.3 Å². The van der Waals surface area contributed by atoms with E-state index >= 15 is 0 Å². The van der Waals surface area contributed by atoms with Crippen molar-refractivity contribution in [3.8, 4) is 5.75 Å². The van der Waals surface area contributed by atoms with Gasteiger partial charge in [-0.15, -0.1) is 0 Å². The zero-order valence-electron chi connectivity index (χ0n) is 11.6. The van der Waals surface area contributed by atoms with E-state index in [0.29, 0.717) is 6.04 Å². The number of ether oxygens (including phenoxy) is 1. The van der Waals surface area contributed by atoms with Gasteiger partial charge in [-0.05, 0) is 58.0 Å². The van der Waals surface area contributed by atoms with Crippen molar-refractivity contribution in [3.05, 3.63) is 24.3 Å². The molecule has 1 aromatic rings. The molecule has 0 bridgehead atoms. The van der Waals surface area contributed by atoms with E-state index in [-0.39, 0.29) is 6.10 Å². The Morgan fingerprint density at radius 3 is 2.67 bits per heavy atom. The van der Waals surface area contributed by atoms with Gasteiger partial charge >= 0.3 is 0 Å². The second kappa shape index (κ2) is 6.10. The van der Waals surface area contributed by atoms with Crippen molar-refractivity contribution < 1.29 is 4.74 Å². The summed E-state index contributed by atoms with van der Waals surface area (Å²) < 4.78 is 5.68. The Labute approximate surface area is 110 Å². The van der Waals surface area contributed by atoms with Crippen molar-refractivity contribution >= 4 is 5.69 Å². The molecule has 3 nitrogen and oxygen atoms in total. The summed E-state index contributed by atoms with van der Waals surface area (Å²) in [6.07, 6.45) is 1.44. The van der Waals surface area contributed by atoms with E-state index in [9.17, 15) is 0 Å². The van der Waals surface area contributed by atoms with Gasteiger partial charge in [-0.1, -0.05) is 0 Å². The van der Waals surface area contributed by atoms with Crippen LogP contribution < -0.4 is 15.0 Å². The molecule has 1 aromatic carbocycles. The van der Waals surface area contributed by atoms with Gasteiger partial charge in [0.05, 0.1) is 6.10 Å². The lowest BCUT2D eigenvalue weighted by atomic mass is 10.2. The normalized spacial score (nSPS) is 20.9. The minimum atomic E-state index is 0.233. The van der Waals surface area contributed by atoms with Gasteiger partial charge in [-0.2, -0.15) is 0 Å². The van der Waals surface area contributed by atoms with Crippen molar-refractivity contribution in [2.24, 2.45) is 0 Å². The fourth-order valence-corrected chi connectivity index (χ4v) is 2.39. The quantitative estimate of drug-likeness (QED) is 0.890. The molecule has 1 fully saturated rings. The van der Waals surface area contributed by atoms with Crippen LogP contribution in [0.4, 0.5) is 5.69 Å². The SMILES string of the molecule is CC(C)Oc1ccc(N2CCCNCC2C)cc1. The van der Waals surface area contributed by atoms with Crippen molar-refractivity contribution in [2.75, 3.05) is 24.5 Å². The first-order valence-electron chi connectivity index (χ1n) is 6.91. The molecule has 1 aliphatic rings. The highest BCUT2D eigenvalue weighted by atomic mass is 16.5. The lowest BCUT2D eigenvalue weighted by Gasteiger charge is -2.29. The maximum Gasteiger partial charge on any atom is 0.119 e. The Balaban J connectivity index is 2.07. The van der Waals surface area contributed by atoms with Gasteiger partial charge in [0.15, 0.2) is 0 Å². The Hall–Kier alpha value is -1.22. The lowest BCUT2D eigenvalue weighted by molar-refractivity contribution is 0.242. The molecule has 0 aromatic heterocycles. The van der Waals surface area contributed by atoms with Gasteiger partial charge in [0.2, 0.25) is 0 Å². The summed E-state index contributed by atoms with van der Waals surface area (Å²) in [5.41, 5.74) is 1.29. The van der Waals surface area contributed by atoms with Crippen molar-refractivity contribution in [1.29, 1.82) is 0 Å². The van der Waals surface area contributed by atoms with Gasteiger partial charge in [0.1, 0.15) is 5.75 Å². The maximum atomic E-state index is 5.68. The van der Waals surface area contributed by atoms with Crippen LogP contribution in [0.5, 0.6) is 5.75 Å². The molecule has 18 heavy (non-hydrogen) atoms. The van der Waals surface area contributed by atoms with Gasteiger partial charge in [-0.25, -0.2) is 0 Å². The Bertz CT molecular complexity index is 361. The smallest absolute Gasteiger partial charge is 0.119 e. The monoisotopic (exact) mass is 248 g/mol. The number of nitrogens with one attached hydrogen (secondary N) is 1. The molecule has 1 saturated heterocycles. The van der Waals surface area contributed by atoms with Crippen LogP contribution in [0.1, 0.15) is 27.2 Å². The molecule has 0 radical (unpaired) electrons. The molecule has 1 heterocycles. The second-order valence-electron chi connectivity index (χ2n) is 5.26. The minimum Gasteiger partial charge on any atom is -0.491 e. The number of nitrogens with zero attached hydrogens (tertiary/aromatic N) is 1. The molecule has 0 saturated carbocycles. The van der Waals surface area contributed by atoms with Gasteiger partial charge in [-0.3, -0.25) is 0 Å². The van der Waals surface area contributed by atoms with Crippen LogP contribution in [0.3, 0.4) is 0 Å². The first kappa shape index (κ1) is 13.2. The summed E-state index contributed by atoms with van der Waals surface area (Å²) in [5.74, 6) is 0.953. The van der Waals surface area contributed by atoms with Crippen molar-refractivity contribution in [2.45, 2.75) is 39.3 Å². The zero-order valence-corrected chi connectivity index (χ0v) is 11.6. The standard InChI is InChI=1S/C15H24N2O/c1-12(2)18-15-7-5-14(6-8-15)17-10-4-9-16-11-13(17)3/h5-8,12-13,16H,4,9-11H2,1-3H3. The molecule has 1 N–H and O–H groups in total. The van der Waals surface area contributed by atoms with Crippen LogP contribution in [0, 0.1) is 0 Å². The largest absolute Gasteiger partial charge is 0.491 e. The Morgan fingerprint density at radius 2 is 2.00 bits per heavy atom. The van der Waals surface area contributed by atoms with Crippen molar-refractivity contribution in [1.82, 2.24) is 5.32 Å². The predicted octanol–water partition coefficient (Wildman–Crippen LogP) is 2.66. The molecule has 1 atom stereocenters. The summed E-state index contributed by atoms with van der Waals surface area (Å²) in [5, 5.41) is 3.47. The van der Waals surface area contributed by atoms with Crippen molar-refractivity contribution in [3.63, 3.8) is 0 Å². The third-order valence-electron chi connectivity index (χ3n) is 3.26. The molecule has 1 aliphatic heterocycles. The van der Waals surface area contributed by atoms with E-state index in [1.54, 1.807) is 0 Å². The van der Waals surface area contributed by atoms with E-state index in [1.807, 2.05) is 0 Å². The minimum absolute atomic E-state index is 0.233. The average molecular weight is 248 g/mol. The van der Waals surface area contributed by atoms with E-state index in [1.165, 1.54) is 12.1 Å². The van der Waals surface area contributed by atoms with Crippen LogP contribution in [0.2, 0.25) is 0 Å². The van der Waals surface area contributed by atoms with Gasteiger partial charge in [0.25, 0.3) is 0 Å². The first-order valence-corrected chi connectivity index (χ1v) is 6.91. The molecule has 2 rings (SSSR count). The molecule has 100 valence electrons. The highest BCUT2D eigenvalue weighted by Crippen LogP contribution is 2.22. The molecule has 0 spiro atoms. The van der Waals surface area contributed by atoms with Gasteiger partial charge < -0.3 is 15.0 Å². The fraction of sp³-hybridized carbons (Fsp3) is 0.600. The molecule has 0 aliphatic carbocycles. The van der Waals surface area contributed by atoms with E-state index in [0.717, 1.165) is 25.4 Å². The average Bonchev–Trinajstić information content (AvgIpc) is 2.54. The third kappa shape index (κ3) is 3.39. The number of hydrogen-bond acceptors (Lipinski definition) is 3. The van der Waals surface area contributed by atoms with Crippen LogP contribution in [-0.4, -0.2) is 31.8 Å². The number of anilines is 1. The molecule has 0 amide bonds. The lowest BCUT2D eigenvalue weighted by Crippen LogP contribution is -2.37. The molecular weight excluding hydrogens is 224 g/mol. The molecule has 1 unspecified atom stereocenters. The zero-order chi connectivity index (χ0) is 13.0. The van der Waals surface area contributed by atoms with Crippen LogP contribution >= 0.6 is 0 Å². The van der Waals surface area contributed by atoms with E-state index in [4.69, 9.17) is 4.74 Å². The summed E-state index contributed by atoms with van der Waals surface area (Å²) in [4.78, 5) is 2.47.